The highest BCUT2D eigenvalue weighted by Gasteiger charge is 1.92. The Morgan fingerprint density at radius 1 is 1.73 bits per heavy atom. The first-order chi connectivity index (χ1) is 5.24. The lowest BCUT2D eigenvalue weighted by molar-refractivity contribution is -0.671. The molecule has 0 unspecified atom stereocenters. The molecule has 60 valence electrons. The van der Waals surface area contributed by atoms with Crippen LogP contribution in [0.4, 0.5) is 0 Å². The number of hydrogen-bond donors (Lipinski definition) is 1. The van der Waals surface area contributed by atoms with Gasteiger partial charge in [0.25, 0.3) is 0 Å². The Bertz CT molecular complexity index is 236. The predicted molar refractivity (Wildman–Crippen MR) is 45.9 cm³/mol. The zero-order valence-corrected chi connectivity index (χ0v) is 7.62. The highest BCUT2D eigenvalue weighted by Crippen LogP contribution is 1.79. The highest BCUT2D eigenvalue weighted by atomic mass is 32.1. The molecule has 0 amide bonds. The fraction of sp³-hybridized carbons (Fsp3) is 0.429. The third-order valence-electron chi connectivity index (χ3n) is 1.19. The molecule has 0 atom stereocenters. The van der Waals surface area contributed by atoms with Crippen LogP contribution in [0.1, 0.15) is 6.92 Å². The van der Waals surface area contributed by atoms with Crippen LogP contribution in [0.3, 0.4) is 0 Å². The molecule has 1 aromatic rings. The van der Waals surface area contributed by atoms with Crippen LogP contribution in [0.15, 0.2) is 18.7 Å². The maximum absolute atomic E-state index is 7.18. The first kappa shape index (κ1) is 10.0. The summed E-state index contributed by atoms with van der Waals surface area (Å²) in [5.74, 6) is 0. The highest BCUT2D eigenvalue weighted by molar-refractivity contribution is 7.85. The van der Waals surface area contributed by atoms with Gasteiger partial charge in [0.2, 0.25) is 6.33 Å². The molecule has 0 fully saturated rings. The van der Waals surface area contributed by atoms with Crippen molar-refractivity contribution in [2.45, 2.75) is 13.5 Å². The smallest absolute Gasteiger partial charge is 0.240 e. The summed E-state index contributed by atoms with van der Waals surface area (Å²) in [6.07, 6.45) is 6.14. The van der Waals surface area contributed by atoms with Crippen LogP contribution in [0, 0.1) is 10.7 Å². The summed E-state index contributed by atoms with van der Waals surface area (Å²) in [5, 5.41) is 8.63. The van der Waals surface area contributed by atoms with Crippen molar-refractivity contribution >= 4 is 12.6 Å². The first-order valence-electron chi connectivity index (χ1n) is 3.28. The summed E-state index contributed by atoms with van der Waals surface area (Å²) >= 11 is 3.09. The minimum Gasteiger partial charge on any atom is -0.240 e. The van der Waals surface area contributed by atoms with Gasteiger partial charge in [-0.25, -0.2) is 9.13 Å². The molecular formula is C7H12N3S+. The predicted octanol–water partition coefficient (Wildman–Crippen LogP) is 0.730. The molecule has 0 saturated heterocycles. The lowest BCUT2D eigenvalue weighted by Crippen LogP contribution is -2.23. The number of thiocyanates is 1. The molecule has 0 spiro atoms. The number of nitrogens with zero attached hydrogens (tertiary/aromatic N) is 3. The topological polar surface area (TPSA) is 32.6 Å². The van der Waals surface area contributed by atoms with E-state index in [0.717, 1.165) is 6.54 Å². The Labute approximate surface area is 72.3 Å². The fourth-order valence-electron chi connectivity index (χ4n) is 0.689. The Kier molecular flexibility index (Phi) is 5.30. The Morgan fingerprint density at radius 3 is 2.45 bits per heavy atom. The number of rotatable bonds is 1. The van der Waals surface area contributed by atoms with Crippen molar-refractivity contribution in [1.29, 1.82) is 5.26 Å². The van der Waals surface area contributed by atoms with Gasteiger partial charge in [0.1, 0.15) is 17.8 Å². The maximum Gasteiger partial charge on any atom is 0.243 e. The van der Waals surface area contributed by atoms with Crippen LogP contribution in [0.25, 0.3) is 0 Å². The number of nitriles is 1. The van der Waals surface area contributed by atoms with E-state index in [1.54, 1.807) is 0 Å². The van der Waals surface area contributed by atoms with E-state index in [0.29, 0.717) is 0 Å². The third-order valence-corrected chi connectivity index (χ3v) is 1.19. The number of hydrogen-bond acceptors (Lipinski definition) is 2. The largest absolute Gasteiger partial charge is 0.243 e. The normalized spacial score (nSPS) is 7.82. The van der Waals surface area contributed by atoms with Crippen LogP contribution >= 0.6 is 12.6 Å². The molecule has 0 N–H and O–H groups in total. The molecular weight excluding hydrogens is 158 g/mol. The van der Waals surface area contributed by atoms with Crippen molar-refractivity contribution in [1.82, 2.24) is 4.57 Å². The fourth-order valence-corrected chi connectivity index (χ4v) is 0.689. The van der Waals surface area contributed by atoms with Crippen molar-refractivity contribution in [2.24, 2.45) is 7.05 Å². The third kappa shape index (κ3) is 4.45. The Balaban J connectivity index is 0.000000292. The molecule has 0 saturated carbocycles. The molecule has 1 aromatic heterocycles. The van der Waals surface area contributed by atoms with Gasteiger partial charge >= 0.3 is 0 Å². The molecule has 4 heteroatoms. The van der Waals surface area contributed by atoms with E-state index in [-0.39, 0.29) is 0 Å². The van der Waals surface area contributed by atoms with Crippen LogP contribution < -0.4 is 4.57 Å². The summed E-state index contributed by atoms with van der Waals surface area (Å²) in [6.45, 7) is 3.18. The number of imidazole rings is 1. The van der Waals surface area contributed by atoms with Crippen LogP contribution in [-0.2, 0) is 13.6 Å². The standard InChI is InChI=1S/C6H11N2.CHNS/c1-3-8-5-4-7(2)6-8;2-1-3/h4-6H,3H2,1-2H3;3H/q+1;. The molecule has 0 bridgehead atoms. The lowest BCUT2D eigenvalue weighted by atomic mass is 10.7. The Hall–Kier alpha value is -0.950. The molecule has 1 rings (SSSR count). The molecule has 3 nitrogen and oxygen atoms in total. The van der Waals surface area contributed by atoms with Gasteiger partial charge in [-0.3, -0.25) is 0 Å². The van der Waals surface area contributed by atoms with E-state index in [9.17, 15) is 0 Å². The number of thiol groups is 1. The summed E-state index contributed by atoms with van der Waals surface area (Å²) < 4.78 is 4.16. The number of aromatic nitrogens is 2. The molecule has 0 aliphatic heterocycles. The van der Waals surface area contributed by atoms with Crippen molar-refractivity contribution in [2.75, 3.05) is 0 Å². The van der Waals surface area contributed by atoms with E-state index < -0.39 is 0 Å². The van der Waals surface area contributed by atoms with Crippen molar-refractivity contribution in [3.05, 3.63) is 18.7 Å². The van der Waals surface area contributed by atoms with Gasteiger partial charge in [-0.1, -0.05) is 12.6 Å². The zero-order chi connectivity index (χ0) is 8.69. The first-order valence-corrected chi connectivity index (χ1v) is 3.73. The zero-order valence-electron chi connectivity index (χ0n) is 6.73. The summed E-state index contributed by atoms with van der Waals surface area (Å²) in [4.78, 5) is 0. The second-order valence-corrected chi connectivity index (χ2v) is 2.21. The van der Waals surface area contributed by atoms with Gasteiger partial charge in [-0.15, -0.1) is 0 Å². The van der Waals surface area contributed by atoms with Crippen molar-refractivity contribution < 1.29 is 4.57 Å². The van der Waals surface area contributed by atoms with Gasteiger partial charge in [0.05, 0.1) is 13.6 Å². The van der Waals surface area contributed by atoms with Gasteiger partial charge in [0.15, 0.2) is 0 Å². The SMILES string of the molecule is CCn1cc[n+](C)c1.N#CS. The van der Waals surface area contributed by atoms with Crippen LogP contribution in [0.5, 0.6) is 0 Å². The van der Waals surface area contributed by atoms with Crippen LogP contribution in [-0.4, -0.2) is 4.57 Å². The van der Waals surface area contributed by atoms with Crippen LogP contribution in [0.2, 0.25) is 0 Å². The van der Waals surface area contributed by atoms with E-state index in [1.165, 1.54) is 5.40 Å². The average Bonchev–Trinajstić information content (AvgIpc) is 2.37. The van der Waals surface area contributed by atoms with E-state index in [4.69, 9.17) is 5.26 Å². The van der Waals surface area contributed by atoms with E-state index in [2.05, 4.69) is 36.6 Å². The van der Waals surface area contributed by atoms with Gasteiger partial charge in [-0.2, -0.15) is 5.26 Å². The summed E-state index contributed by atoms with van der Waals surface area (Å²) in [6, 6.07) is 0. The molecule has 0 aliphatic carbocycles. The monoisotopic (exact) mass is 170 g/mol. The molecule has 0 aromatic carbocycles. The second-order valence-electron chi connectivity index (χ2n) is 2.01. The quantitative estimate of drug-likeness (QED) is 0.376. The Morgan fingerprint density at radius 2 is 2.27 bits per heavy atom. The van der Waals surface area contributed by atoms with Gasteiger partial charge in [-0.05, 0) is 6.92 Å². The molecule has 0 radical (unpaired) electrons. The summed E-state index contributed by atoms with van der Waals surface area (Å²) in [7, 11) is 2.02. The second kappa shape index (κ2) is 5.81. The molecule has 1 heterocycles. The van der Waals surface area contributed by atoms with Gasteiger partial charge in [0, 0.05) is 0 Å². The van der Waals surface area contributed by atoms with E-state index >= 15 is 0 Å². The minimum absolute atomic E-state index is 1.06. The summed E-state index contributed by atoms with van der Waals surface area (Å²) in [5.41, 5.74) is 0. The molecule has 11 heavy (non-hydrogen) atoms. The van der Waals surface area contributed by atoms with E-state index in [1.807, 2.05) is 17.8 Å². The molecule has 0 aliphatic rings. The van der Waals surface area contributed by atoms with Gasteiger partial charge < -0.3 is 0 Å². The minimum atomic E-state index is 1.06. The average molecular weight is 170 g/mol. The number of aryl methyl sites for hydroxylation is 2. The van der Waals surface area contributed by atoms with Crippen molar-refractivity contribution in [3.63, 3.8) is 0 Å². The lowest BCUT2D eigenvalue weighted by Gasteiger charge is -1.81. The van der Waals surface area contributed by atoms with Crippen molar-refractivity contribution in [3.8, 4) is 5.40 Å². The maximum atomic E-state index is 7.18.